The van der Waals surface area contributed by atoms with Gasteiger partial charge < -0.3 is 25.8 Å². The third kappa shape index (κ3) is 5.96. The zero-order valence-corrected chi connectivity index (χ0v) is 23.1. The van der Waals surface area contributed by atoms with Crippen LogP contribution >= 0.6 is 0 Å². The summed E-state index contributed by atoms with van der Waals surface area (Å²) in [7, 11) is 0. The maximum absolute atomic E-state index is 13.7. The van der Waals surface area contributed by atoms with Crippen LogP contribution in [0.3, 0.4) is 0 Å². The number of aryl methyl sites for hydroxylation is 1. The number of hydrogen-bond donors (Lipinski definition) is 3. The number of para-hydroxylation sites is 1. The van der Waals surface area contributed by atoms with Crippen LogP contribution in [-0.4, -0.2) is 67.6 Å². The van der Waals surface area contributed by atoms with Crippen LogP contribution in [0.4, 0.5) is 10.5 Å². The molecule has 3 N–H and O–H groups in total. The van der Waals surface area contributed by atoms with Gasteiger partial charge in [-0.3, -0.25) is 9.59 Å². The second kappa shape index (κ2) is 11.8. The SMILES string of the molecule is CC1(C)C(=O)N(C2CCN(C(=O)C(CCc3ccccc3)NC(=O)NCC3CCNC3)CC2)c2ccccc21. The minimum absolute atomic E-state index is 0.0458. The van der Waals surface area contributed by atoms with Crippen molar-refractivity contribution in [3.8, 4) is 0 Å². The Kier molecular flexibility index (Phi) is 8.21. The summed E-state index contributed by atoms with van der Waals surface area (Å²) in [5.41, 5.74) is 2.66. The van der Waals surface area contributed by atoms with Gasteiger partial charge >= 0.3 is 6.03 Å². The quantitative estimate of drug-likeness (QED) is 0.488. The number of urea groups is 1. The maximum atomic E-state index is 13.7. The summed E-state index contributed by atoms with van der Waals surface area (Å²) >= 11 is 0. The van der Waals surface area contributed by atoms with Crippen molar-refractivity contribution in [3.05, 3.63) is 65.7 Å². The average Bonchev–Trinajstić information content (AvgIpc) is 3.55. The Hall–Kier alpha value is -3.39. The number of anilines is 1. The molecule has 3 aliphatic heterocycles. The molecule has 8 nitrogen and oxygen atoms in total. The number of nitrogens with one attached hydrogen (secondary N) is 3. The number of carbonyl (C=O) groups excluding carboxylic acids is 3. The third-order valence-electron chi connectivity index (χ3n) is 8.61. The predicted molar refractivity (Wildman–Crippen MR) is 153 cm³/mol. The lowest BCUT2D eigenvalue weighted by atomic mass is 9.86. The van der Waals surface area contributed by atoms with E-state index >= 15 is 0 Å². The predicted octanol–water partition coefficient (Wildman–Crippen LogP) is 3.21. The van der Waals surface area contributed by atoms with Crippen LogP contribution in [0.2, 0.25) is 0 Å². The lowest BCUT2D eigenvalue weighted by Gasteiger charge is -2.38. The number of carbonyl (C=O) groups is 3. The van der Waals surface area contributed by atoms with E-state index in [1.54, 1.807) is 0 Å². The van der Waals surface area contributed by atoms with E-state index in [0.717, 1.165) is 36.3 Å². The summed E-state index contributed by atoms with van der Waals surface area (Å²) in [5, 5.41) is 9.27. The molecule has 208 valence electrons. The minimum atomic E-state index is -0.600. The van der Waals surface area contributed by atoms with Crippen LogP contribution in [0.5, 0.6) is 0 Å². The molecule has 2 atom stereocenters. The largest absolute Gasteiger partial charge is 0.341 e. The zero-order valence-electron chi connectivity index (χ0n) is 23.1. The second-order valence-electron chi connectivity index (χ2n) is 11.7. The van der Waals surface area contributed by atoms with E-state index < -0.39 is 11.5 Å². The number of fused-ring (bicyclic) bond motifs is 1. The van der Waals surface area contributed by atoms with E-state index in [1.807, 2.05) is 78.2 Å². The molecule has 2 aromatic carbocycles. The summed E-state index contributed by atoms with van der Waals surface area (Å²) in [4.78, 5) is 43.7. The monoisotopic (exact) mass is 531 g/mol. The highest BCUT2D eigenvalue weighted by Gasteiger charge is 2.46. The molecule has 0 saturated carbocycles. The fourth-order valence-electron chi connectivity index (χ4n) is 6.21. The third-order valence-corrected chi connectivity index (χ3v) is 8.61. The fourth-order valence-corrected chi connectivity index (χ4v) is 6.21. The van der Waals surface area contributed by atoms with Crippen LogP contribution in [0.15, 0.2) is 54.6 Å². The van der Waals surface area contributed by atoms with Crippen molar-refractivity contribution < 1.29 is 14.4 Å². The summed E-state index contributed by atoms with van der Waals surface area (Å²) in [6.45, 7) is 7.60. The standard InChI is InChI=1S/C31H41N5O3/c1-31(2)25-10-6-7-11-27(25)36(29(31)38)24-15-18-35(19-16-24)28(37)26(13-12-22-8-4-3-5-9-22)34-30(39)33-21-23-14-17-32-20-23/h3-11,23-24,26,32H,12-21H2,1-2H3,(H2,33,34,39). The van der Waals surface area contributed by atoms with Crippen molar-refractivity contribution in [2.24, 2.45) is 5.92 Å². The van der Waals surface area contributed by atoms with E-state index in [-0.39, 0.29) is 23.9 Å². The van der Waals surface area contributed by atoms with E-state index in [4.69, 9.17) is 0 Å². The van der Waals surface area contributed by atoms with Gasteiger partial charge in [0.25, 0.3) is 0 Å². The molecule has 5 rings (SSSR count). The minimum Gasteiger partial charge on any atom is -0.341 e. The number of piperidine rings is 1. The number of amides is 4. The topological polar surface area (TPSA) is 93.8 Å². The van der Waals surface area contributed by atoms with Gasteiger partial charge in [-0.1, -0.05) is 48.5 Å². The maximum Gasteiger partial charge on any atom is 0.315 e. The second-order valence-corrected chi connectivity index (χ2v) is 11.7. The fraction of sp³-hybridized carbons (Fsp3) is 0.516. The van der Waals surface area contributed by atoms with Gasteiger partial charge in [0.1, 0.15) is 6.04 Å². The molecule has 0 radical (unpaired) electrons. The van der Waals surface area contributed by atoms with Crippen LogP contribution in [-0.2, 0) is 21.4 Å². The van der Waals surface area contributed by atoms with Gasteiger partial charge in [-0.2, -0.15) is 0 Å². The molecule has 39 heavy (non-hydrogen) atoms. The van der Waals surface area contributed by atoms with Crippen molar-refractivity contribution >= 4 is 23.5 Å². The highest BCUT2D eigenvalue weighted by atomic mass is 16.2. The Balaban J connectivity index is 1.22. The van der Waals surface area contributed by atoms with E-state index in [2.05, 4.69) is 16.0 Å². The molecule has 2 fully saturated rings. The van der Waals surface area contributed by atoms with E-state index in [1.165, 1.54) is 0 Å². The molecule has 4 amide bonds. The van der Waals surface area contributed by atoms with Crippen LogP contribution in [0.1, 0.15) is 50.7 Å². The Labute approximate surface area is 231 Å². The zero-order chi connectivity index (χ0) is 27.4. The van der Waals surface area contributed by atoms with Gasteiger partial charge in [0.05, 0.1) is 5.41 Å². The van der Waals surface area contributed by atoms with Gasteiger partial charge in [-0.15, -0.1) is 0 Å². The molecule has 0 bridgehead atoms. The molecule has 3 aliphatic rings. The van der Waals surface area contributed by atoms with Crippen molar-refractivity contribution in [2.75, 3.05) is 37.6 Å². The first-order valence-electron chi connectivity index (χ1n) is 14.4. The molecular formula is C31H41N5O3. The molecule has 2 saturated heterocycles. The molecular weight excluding hydrogens is 490 g/mol. The van der Waals surface area contributed by atoms with Gasteiger partial charge in [-0.05, 0) is 82.2 Å². The molecule has 0 aromatic heterocycles. The highest BCUT2D eigenvalue weighted by Crippen LogP contribution is 2.43. The lowest BCUT2D eigenvalue weighted by molar-refractivity contribution is -0.134. The van der Waals surface area contributed by atoms with Crippen molar-refractivity contribution in [1.29, 1.82) is 0 Å². The number of benzene rings is 2. The molecule has 8 heteroatoms. The van der Waals surface area contributed by atoms with Crippen molar-refractivity contribution in [3.63, 3.8) is 0 Å². The van der Waals surface area contributed by atoms with Gasteiger partial charge in [0, 0.05) is 31.4 Å². The summed E-state index contributed by atoms with van der Waals surface area (Å²) in [5.74, 6) is 0.511. The average molecular weight is 532 g/mol. The lowest BCUT2D eigenvalue weighted by Crippen LogP contribution is -2.55. The smallest absolute Gasteiger partial charge is 0.315 e. The molecule has 2 aromatic rings. The summed E-state index contributed by atoms with van der Waals surface area (Å²) in [6.07, 6.45) is 3.72. The van der Waals surface area contributed by atoms with Crippen molar-refractivity contribution in [1.82, 2.24) is 20.9 Å². The summed E-state index contributed by atoms with van der Waals surface area (Å²) in [6, 6.07) is 17.3. The highest BCUT2D eigenvalue weighted by molar-refractivity contribution is 6.08. The molecule has 3 heterocycles. The van der Waals surface area contributed by atoms with Crippen LogP contribution in [0, 0.1) is 5.92 Å². The molecule has 0 spiro atoms. The van der Waals surface area contributed by atoms with E-state index in [0.29, 0.717) is 51.2 Å². The van der Waals surface area contributed by atoms with Crippen molar-refractivity contribution in [2.45, 2.75) is 63.5 Å². The first-order valence-corrected chi connectivity index (χ1v) is 14.4. The van der Waals surface area contributed by atoms with Gasteiger partial charge in [-0.25, -0.2) is 4.79 Å². The first kappa shape index (κ1) is 27.2. The molecule has 0 aliphatic carbocycles. The van der Waals surface area contributed by atoms with Crippen LogP contribution < -0.4 is 20.9 Å². The number of rotatable bonds is 8. The number of nitrogens with zero attached hydrogens (tertiary/aromatic N) is 2. The first-order chi connectivity index (χ1) is 18.8. The van der Waals surface area contributed by atoms with E-state index in [9.17, 15) is 14.4 Å². The Bertz CT molecular complexity index is 1170. The Morgan fingerprint density at radius 1 is 1.03 bits per heavy atom. The Morgan fingerprint density at radius 2 is 1.74 bits per heavy atom. The van der Waals surface area contributed by atoms with Crippen LogP contribution in [0.25, 0.3) is 0 Å². The number of hydrogen-bond acceptors (Lipinski definition) is 4. The number of likely N-dealkylation sites (tertiary alicyclic amines) is 1. The van der Waals surface area contributed by atoms with Gasteiger partial charge in [0.2, 0.25) is 11.8 Å². The van der Waals surface area contributed by atoms with Gasteiger partial charge in [0.15, 0.2) is 0 Å². The summed E-state index contributed by atoms with van der Waals surface area (Å²) < 4.78 is 0. The molecule has 2 unspecified atom stereocenters. The Morgan fingerprint density at radius 3 is 2.46 bits per heavy atom. The normalized spacial score (nSPS) is 21.5.